The Bertz CT molecular complexity index is 710. The van der Waals surface area contributed by atoms with E-state index >= 15 is 0 Å². The second kappa shape index (κ2) is 4.74. The molecule has 19 heavy (non-hydrogen) atoms. The number of benzene rings is 1. The number of rotatable bonds is 2. The van der Waals surface area contributed by atoms with E-state index in [2.05, 4.69) is 9.98 Å². The van der Waals surface area contributed by atoms with Crippen LogP contribution in [0.15, 0.2) is 23.2 Å². The van der Waals surface area contributed by atoms with E-state index in [1.807, 2.05) is 12.1 Å². The summed E-state index contributed by atoms with van der Waals surface area (Å²) in [6.45, 7) is 0. The molecular weight excluding hydrogens is 305 g/mol. The van der Waals surface area contributed by atoms with E-state index in [1.165, 1.54) is 11.8 Å². The van der Waals surface area contributed by atoms with Crippen molar-refractivity contribution < 1.29 is 4.79 Å². The number of aromatic nitrogens is 1. The number of hydrogen-bond acceptors (Lipinski definition) is 3. The number of carbonyl (C=O) groups excluding carboxylic acids is 1. The lowest BCUT2D eigenvalue weighted by molar-refractivity contribution is -0.117. The first kappa shape index (κ1) is 12.8. The van der Waals surface area contributed by atoms with Crippen LogP contribution in [-0.4, -0.2) is 21.3 Å². The molecule has 7 heteroatoms. The van der Waals surface area contributed by atoms with Gasteiger partial charge in [0.1, 0.15) is 0 Å². The van der Waals surface area contributed by atoms with Gasteiger partial charge in [-0.25, -0.2) is 0 Å². The summed E-state index contributed by atoms with van der Waals surface area (Å²) >= 11 is 13.7. The molecule has 1 aliphatic rings. The zero-order valence-electron chi connectivity index (χ0n) is 9.61. The number of carbonyl (C=O) groups is 1. The van der Waals surface area contributed by atoms with Gasteiger partial charge < -0.3 is 10.7 Å². The summed E-state index contributed by atoms with van der Waals surface area (Å²) in [5.74, 6) is -0.219. The SMILES string of the molecule is NC1=NC(=O)C(Cc2[nH]c3cccc(Cl)c3c2Cl)S1. The Morgan fingerprint density at radius 2 is 2.21 bits per heavy atom. The molecule has 1 amide bonds. The largest absolute Gasteiger partial charge is 0.378 e. The van der Waals surface area contributed by atoms with E-state index in [0.717, 1.165) is 16.6 Å². The third-order valence-electron chi connectivity index (χ3n) is 2.93. The van der Waals surface area contributed by atoms with Gasteiger partial charge in [-0.2, -0.15) is 4.99 Å². The Morgan fingerprint density at radius 1 is 1.42 bits per heavy atom. The number of nitrogens with two attached hydrogens (primary N) is 1. The van der Waals surface area contributed by atoms with Crippen LogP contribution < -0.4 is 5.73 Å². The quantitative estimate of drug-likeness (QED) is 0.895. The summed E-state index contributed by atoms with van der Waals surface area (Å²) in [4.78, 5) is 18.5. The van der Waals surface area contributed by atoms with Gasteiger partial charge in [-0.05, 0) is 12.1 Å². The van der Waals surface area contributed by atoms with E-state index in [4.69, 9.17) is 28.9 Å². The molecule has 1 atom stereocenters. The summed E-state index contributed by atoms with van der Waals surface area (Å²) in [5.41, 5.74) is 7.17. The number of amides is 1. The molecule has 98 valence electrons. The van der Waals surface area contributed by atoms with Crippen molar-refractivity contribution in [2.75, 3.05) is 0 Å². The van der Waals surface area contributed by atoms with Crippen LogP contribution in [0.4, 0.5) is 0 Å². The highest BCUT2D eigenvalue weighted by atomic mass is 35.5. The summed E-state index contributed by atoms with van der Waals surface area (Å²) in [6, 6.07) is 5.52. The van der Waals surface area contributed by atoms with Gasteiger partial charge in [-0.3, -0.25) is 4.79 Å². The van der Waals surface area contributed by atoms with E-state index in [0.29, 0.717) is 21.6 Å². The molecule has 2 heterocycles. The fourth-order valence-electron chi connectivity index (χ4n) is 2.08. The molecule has 0 aliphatic carbocycles. The molecule has 3 N–H and O–H groups in total. The smallest absolute Gasteiger partial charge is 0.262 e. The van der Waals surface area contributed by atoms with E-state index in [1.54, 1.807) is 6.07 Å². The van der Waals surface area contributed by atoms with Gasteiger partial charge in [0.05, 0.1) is 15.3 Å². The molecular formula is C12H9Cl2N3OS. The zero-order chi connectivity index (χ0) is 13.6. The normalized spacial score (nSPS) is 19.2. The van der Waals surface area contributed by atoms with Crippen molar-refractivity contribution in [1.82, 2.24) is 4.98 Å². The third kappa shape index (κ3) is 2.22. The molecule has 1 aromatic carbocycles. The first-order valence-electron chi connectivity index (χ1n) is 5.55. The lowest BCUT2D eigenvalue weighted by atomic mass is 10.2. The maximum Gasteiger partial charge on any atom is 0.262 e. The summed E-state index contributed by atoms with van der Waals surface area (Å²) in [5, 5.41) is 1.92. The van der Waals surface area contributed by atoms with Crippen LogP contribution >= 0.6 is 35.0 Å². The number of halogens is 2. The fraction of sp³-hybridized carbons (Fsp3) is 0.167. The molecule has 0 radical (unpaired) electrons. The first-order valence-corrected chi connectivity index (χ1v) is 7.19. The number of aliphatic imine (C=N–C) groups is 1. The predicted octanol–water partition coefficient (Wildman–Crippen LogP) is 2.97. The molecule has 2 aromatic rings. The highest BCUT2D eigenvalue weighted by molar-refractivity contribution is 8.15. The molecule has 0 bridgehead atoms. The Kier molecular flexibility index (Phi) is 3.20. The molecule has 3 rings (SSSR count). The van der Waals surface area contributed by atoms with Gasteiger partial charge in [0.2, 0.25) is 0 Å². The van der Waals surface area contributed by atoms with Crippen LogP contribution in [-0.2, 0) is 11.2 Å². The van der Waals surface area contributed by atoms with E-state index in [-0.39, 0.29) is 11.2 Å². The van der Waals surface area contributed by atoms with E-state index < -0.39 is 0 Å². The van der Waals surface area contributed by atoms with Crippen molar-refractivity contribution in [3.05, 3.63) is 33.9 Å². The van der Waals surface area contributed by atoms with Crippen LogP contribution in [0.3, 0.4) is 0 Å². The van der Waals surface area contributed by atoms with Crippen LogP contribution in [0.5, 0.6) is 0 Å². The summed E-state index contributed by atoms with van der Waals surface area (Å²) in [7, 11) is 0. The molecule has 1 aromatic heterocycles. The second-order valence-corrected chi connectivity index (χ2v) is 6.19. The fourth-order valence-corrected chi connectivity index (χ4v) is 3.56. The van der Waals surface area contributed by atoms with Crippen molar-refractivity contribution in [3.63, 3.8) is 0 Å². The lowest BCUT2D eigenvalue weighted by Gasteiger charge is -2.04. The van der Waals surface area contributed by atoms with Gasteiger partial charge in [0.25, 0.3) is 5.91 Å². The Labute approximate surface area is 123 Å². The van der Waals surface area contributed by atoms with Gasteiger partial charge in [0.15, 0.2) is 5.17 Å². The van der Waals surface area contributed by atoms with Crippen LogP contribution in [0.1, 0.15) is 5.69 Å². The van der Waals surface area contributed by atoms with Gasteiger partial charge in [-0.1, -0.05) is 41.0 Å². The number of H-pyrrole nitrogens is 1. The average molecular weight is 314 g/mol. The number of fused-ring (bicyclic) bond motifs is 1. The Balaban J connectivity index is 1.96. The summed E-state index contributed by atoms with van der Waals surface area (Å²) < 4.78 is 0. The van der Waals surface area contributed by atoms with Crippen molar-refractivity contribution in [3.8, 4) is 0 Å². The molecule has 1 aliphatic heterocycles. The number of hydrogen-bond donors (Lipinski definition) is 2. The molecule has 1 unspecified atom stereocenters. The standard InChI is InChI=1S/C12H9Cl2N3OS/c13-5-2-1-3-6-9(5)10(14)7(16-6)4-8-11(18)17-12(15)19-8/h1-3,8,16H,4H2,(H2,15,17,18). The number of nitrogens with one attached hydrogen (secondary N) is 1. The third-order valence-corrected chi connectivity index (χ3v) is 4.65. The maximum atomic E-state index is 11.6. The highest BCUT2D eigenvalue weighted by Crippen LogP contribution is 2.35. The molecule has 4 nitrogen and oxygen atoms in total. The minimum atomic E-state index is -0.315. The number of thioether (sulfide) groups is 1. The zero-order valence-corrected chi connectivity index (χ0v) is 11.9. The number of aromatic amines is 1. The van der Waals surface area contributed by atoms with Crippen molar-refractivity contribution in [1.29, 1.82) is 0 Å². The topological polar surface area (TPSA) is 71.2 Å². The Morgan fingerprint density at radius 3 is 2.84 bits per heavy atom. The van der Waals surface area contributed by atoms with Crippen molar-refractivity contribution in [2.24, 2.45) is 10.7 Å². The van der Waals surface area contributed by atoms with Crippen LogP contribution in [0.25, 0.3) is 10.9 Å². The monoisotopic (exact) mass is 313 g/mol. The maximum absolute atomic E-state index is 11.6. The van der Waals surface area contributed by atoms with Crippen LogP contribution in [0.2, 0.25) is 10.0 Å². The predicted molar refractivity (Wildman–Crippen MR) is 80.0 cm³/mol. The second-order valence-electron chi connectivity index (χ2n) is 4.18. The first-order chi connectivity index (χ1) is 9.06. The minimum Gasteiger partial charge on any atom is -0.378 e. The highest BCUT2D eigenvalue weighted by Gasteiger charge is 2.28. The Hall–Kier alpha value is -1.17. The number of nitrogens with zero attached hydrogens (tertiary/aromatic N) is 1. The van der Waals surface area contributed by atoms with Crippen molar-refractivity contribution >= 4 is 56.9 Å². The lowest BCUT2D eigenvalue weighted by Crippen LogP contribution is -2.14. The summed E-state index contributed by atoms with van der Waals surface area (Å²) in [6.07, 6.45) is 0.456. The molecule has 0 saturated carbocycles. The molecule has 0 saturated heterocycles. The van der Waals surface area contributed by atoms with Gasteiger partial charge in [0, 0.05) is 23.0 Å². The minimum absolute atomic E-state index is 0.219. The van der Waals surface area contributed by atoms with Crippen molar-refractivity contribution in [2.45, 2.75) is 11.7 Å². The molecule has 0 fully saturated rings. The number of amidine groups is 1. The van der Waals surface area contributed by atoms with E-state index in [9.17, 15) is 4.79 Å². The average Bonchev–Trinajstić information content (AvgIpc) is 2.82. The van der Waals surface area contributed by atoms with Gasteiger partial charge in [-0.15, -0.1) is 0 Å². The molecule has 0 spiro atoms. The van der Waals surface area contributed by atoms with Crippen LogP contribution in [0, 0.1) is 0 Å². The van der Waals surface area contributed by atoms with Gasteiger partial charge >= 0.3 is 0 Å².